The number of oxazole rings is 1. The molecule has 0 aliphatic heterocycles. The minimum absolute atomic E-state index is 0.290. The molecule has 3 rings (SSSR count). The average molecular weight is 335 g/mol. The zero-order chi connectivity index (χ0) is 14.1. The van der Waals surface area contributed by atoms with Gasteiger partial charge in [-0.05, 0) is 40.2 Å². The van der Waals surface area contributed by atoms with Gasteiger partial charge >= 0.3 is 0 Å². The largest absolute Gasteiger partial charge is 0.466 e. The Morgan fingerprint density at radius 3 is 2.85 bits per heavy atom. The van der Waals surface area contributed by atoms with E-state index in [-0.39, 0.29) is 5.92 Å². The molecule has 4 nitrogen and oxygen atoms in total. The summed E-state index contributed by atoms with van der Waals surface area (Å²) in [5.74, 6) is 1.93. The Balaban J connectivity index is 1.80. The van der Waals surface area contributed by atoms with Gasteiger partial charge in [-0.1, -0.05) is 13.8 Å². The highest BCUT2D eigenvalue weighted by Gasteiger charge is 2.10. The van der Waals surface area contributed by atoms with Gasteiger partial charge in [0.1, 0.15) is 11.3 Å². The molecule has 0 saturated heterocycles. The SMILES string of the molecule is CC(C)c1nc2cc(NCc3occc3Br)ccc2o1. The van der Waals surface area contributed by atoms with Crippen LogP contribution in [0.25, 0.3) is 11.1 Å². The number of furan rings is 1. The molecule has 0 spiro atoms. The number of hydrogen-bond donors (Lipinski definition) is 1. The van der Waals surface area contributed by atoms with Crippen molar-refractivity contribution in [2.24, 2.45) is 0 Å². The minimum atomic E-state index is 0.290. The van der Waals surface area contributed by atoms with E-state index < -0.39 is 0 Å². The number of aromatic nitrogens is 1. The first kappa shape index (κ1) is 13.2. The molecule has 20 heavy (non-hydrogen) atoms. The molecule has 104 valence electrons. The molecule has 2 heterocycles. The zero-order valence-corrected chi connectivity index (χ0v) is 12.9. The van der Waals surface area contributed by atoms with E-state index in [2.05, 4.69) is 40.1 Å². The van der Waals surface area contributed by atoms with Gasteiger partial charge in [0.2, 0.25) is 0 Å². The Hall–Kier alpha value is -1.75. The highest BCUT2D eigenvalue weighted by molar-refractivity contribution is 9.10. The number of nitrogens with one attached hydrogen (secondary N) is 1. The van der Waals surface area contributed by atoms with E-state index in [9.17, 15) is 0 Å². The van der Waals surface area contributed by atoms with Crippen LogP contribution in [0.1, 0.15) is 31.4 Å². The van der Waals surface area contributed by atoms with Crippen molar-refractivity contribution in [1.29, 1.82) is 0 Å². The van der Waals surface area contributed by atoms with Crippen LogP contribution in [0.4, 0.5) is 5.69 Å². The van der Waals surface area contributed by atoms with Gasteiger partial charge in [-0.25, -0.2) is 4.98 Å². The van der Waals surface area contributed by atoms with Crippen molar-refractivity contribution in [2.75, 3.05) is 5.32 Å². The Kier molecular flexibility index (Phi) is 3.53. The molecule has 3 aromatic rings. The molecule has 0 atom stereocenters. The van der Waals surface area contributed by atoms with Crippen LogP contribution in [0.2, 0.25) is 0 Å². The third-order valence-corrected chi connectivity index (χ3v) is 3.75. The van der Waals surface area contributed by atoms with E-state index >= 15 is 0 Å². The maximum absolute atomic E-state index is 5.69. The molecule has 0 saturated carbocycles. The van der Waals surface area contributed by atoms with Gasteiger partial charge in [0, 0.05) is 11.6 Å². The van der Waals surface area contributed by atoms with Crippen LogP contribution in [0, 0.1) is 0 Å². The summed E-state index contributed by atoms with van der Waals surface area (Å²) in [5.41, 5.74) is 2.68. The molecule has 0 amide bonds. The highest BCUT2D eigenvalue weighted by atomic mass is 79.9. The van der Waals surface area contributed by atoms with E-state index in [4.69, 9.17) is 8.83 Å². The summed E-state index contributed by atoms with van der Waals surface area (Å²) in [6.07, 6.45) is 1.66. The van der Waals surface area contributed by atoms with Gasteiger partial charge in [-0.2, -0.15) is 0 Å². The monoisotopic (exact) mass is 334 g/mol. The van der Waals surface area contributed by atoms with Crippen molar-refractivity contribution in [3.05, 3.63) is 46.7 Å². The van der Waals surface area contributed by atoms with E-state index in [1.54, 1.807) is 6.26 Å². The van der Waals surface area contributed by atoms with Crippen molar-refractivity contribution in [3.63, 3.8) is 0 Å². The normalized spacial score (nSPS) is 11.4. The van der Waals surface area contributed by atoms with Crippen LogP contribution in [0.15, 0.2) is 43.8 Å². The van der Waals surface area contributed by atoms with Crippen LogP contribution in [-0.4, -0.2) is 4.98 Å². The van der Waals surface area contributed by atoms with Crippen LogP contribution in [-0.2, 0) is 6.54 Å². The molecule has 0 bridgehead atoms. The summed E-state index contributed by atoms with van der Waals surface area (Å²) < 4.78 is 12.0. The summed E-state index contributed by atoms with van der Waals surface area (Å²) in [7, 11) is 0. The number of anilines is 1. The van der Waals surface area contributed by atoms with Gasteiger partial charge in [0.25, 0.3) is 0 Å². The van der Waals surface area contributed by atoms with E-state index in [1.165, 1.54) is 0 Å². The molecular weight excluding hydrogens is 320 g/mol. The third kappa shape index (κ3) is 2.58. The first-order chi connectivity index (χ1) is 9.63. The fourth-order valence-electron chi connectivity index (χ4n) is 1.94. The number of rotatable bonds is 4. The fraction of sp³-hybridized carbons (Fsp3) is 0.267. The first-order valence-electron chi connectivity index (χ1n) is 6.49. The number of benzene rings is 1. The summed E-state index contributed by atoms with van der Waals surface area (Å²) in [5, 5.41) is 3.31. The number of nitrogens with zero attached hydrogens (tertiary/aromatic N) is 1. The van der Waals surface area contributed by atoms with Crippen LogP contribution >= 0.6 is 15.9 Å². The van der Waals surface area contributed by atoms with Gasteiger partial charge in [0.15, 0.2) is 11.5 Å². The highest BCUT2D eigenvalue weighted by Crippen LogP contribution is 2.24. The predicted molar refractivity (Wildman–Crippen MR) is 81.8 cm³/mol. The maximum atomic E-state index is 5.69. The Morgan fingerprint density at radius 1 is 1.30 bits per heavy atom. The quantitative estimate of drug-likeness (QED) is 0.735. The zero-order valence-electron chi connectivity index (χ0n) is 11.3. The number of fused-ring (bicyclic) bond motifs is 1. The number of halogens is 1. The summed E-state index contributed by atoms with van der Waals surface area (Å²) in [6, 6.07) is 7.79. The Bertz CT molecular complexity index is 730. The Morgan fingerprint density at radius 2 is 2.15 bits per heavy atom. The lowest BCUT2D eigenvalue weighted by molar-refractivity contribution is 0.501. The van der Waals surface area contributed by atoms with Gasteiger partial charge in [0.05, 0.1) is 17.3 Å². The van der Waals surface area contributed by atoms with Gasteiger partial charge < -0.3 is 14.2 Å². The summed E-state index contributed by atoms with van der Waals surface area (Å²) in [4.78, 5) is 4.50. The van der Waals surface area contributed by atoms with E-state index in [1.807, 2.05) is 24.3 Å². The second-order valence-corrected chi connectivity index (χ2v) is 5.79. The van der Waals surface area contributed by atoms with Crippen molar-refractivity contribution < 1.29 is 8.83 Å². The standard InChI is InChI=1S/C15H15BrN2O2/c1-9(2)15-18-12-7-10(3-4-13(12)20-15)17-8-14-11(16)5-6-19-14/h3-7,9,17H,8H2,1-2H3. The van der Waals surface area contributed by atoms with Crippen molar-refractivity contribution in [2.45, 2.75) is 26.3 Å². The van der Waals surface area contributed by atoms with Crippen molar-refractivity contribution in [3.8, 4) is 0 Å². The maximum Gasteiger partial charge on any atom is 0.198 e. The van der Waals surface area contributed by atoms with Crippen LogP contribution in [0.5, 0.6) is 0 Å². The topological polar surface area (TPSA) is 51.2 Å². The lowest BCUT2D eigenvalue weighted by atomic mass is 10.2. The molecule has 0 aliphatic rings. The van der Waals surface area contributed by atoms with E-state index in [0.717, 1.165) is 32.9 Å². The molecule has 5 heteroatoms. The first-order valence-corrected chi connectivity index (χ1v) is 7.29. The molecule has 0 unspecified atom stereocenters. The molecule has 2 aromatic heterocycles. The molecule has 0 radical (unpaired) electrons. The van der Waals surface area contributed by atoms with Crippen molar-refractivity contribution >= 4 is 32.7 Å². The lowest BCUT2D eigenvalue weighted by Gasteiger charge is -2.04. The molecule has 1 aromatic carbocycles. The van der Waals surface area contributed by atoms with Gasteiger partial charge in [-0.3, -0.25) is 0 Å². The van der Waals surface area contributed by atoms with Crippen LogP contribution < -0.4 is 5.32 Å². The summed E-state index contributed by atoms with van der Waals surface area (Å²) >= 11 is 3.44. The molecule has 0 fully saturated rings. The van der Waals surface area contributed by atoms with Crippen LogP contribution in [0.3, 0.4) is 0 Å². The Labute approximate surface area is 125 Å². The fourth-order valence-corrected chi connectivity index (χ4v) is 2.28. The lowest BCUT2D eigenvalue weighted by Crippen LogP contribution is -1.98. The smallest absolute Gasteiger partial charge is 0.198 e. The second kappa shape index (κ2) is 5.32. The third-order valence-electron chi connectivity index (χ3n) is 3.04. The minimum Gasteiger partial charge on any atom is -0.466 e. The molecular formula is C15H15BrN2O2. The molecule has 0 aliphatic carbocycles. The summed E-state index contributed by atoms with van der Waals surface area (Å²) in [6.45, 7) is 4.75. The van der Waals surface area contributed by atoms with Crippen molar-refractivity contribution in [1.82, 2.24) is 4.98 Å². The predicted octanol–water partition coefficient (Wildman–Crippen LogP) is 4.92. The van der Waals surface area contributed by atoms with E-state index in [0.29, 0.717) is 6.54 Å². The second-order valence-electron chi connectivity index (χ2n) is 4.93. The van der Waals surface area contributed by atoms with Gasteiger partial charge in [-0.15, -0.1) is 0 Å². The number of hydrogen-bond acceptors (Lipinski definition) is 4. The molecule has 1 N–H and O–H groups in total. The average Bonchev–Trinajstić information content (AvgIpc) is 3.01.